The number of fused-ring (bicyclic) bond motifs is 1. The average Bonchev–Trinajstić information content (AvgIpc) is 2.76. The van der Waals surface area contributed by atoms with Gasteiger partial charge in [-0.1, -0.05) is 24.3 Å². The number of hydrogen-bond donors (Lipinski definition) is 0. The van der Waals surface area contributed by atoms with Crippen molar-refractivity contribution in [1.82, 2.24) is 4.68 Å². The van der Waals surface area contributed by atoms with Gasteiger partial charge in [-0.2, -0.15) is 0 Å². The first kappa shape index (κ1) is 10.8. The van der Waals surface area contributed by atoms with Gasteiger partial charge in [0.2, 0.25) is 5.52 Å². The van der Waals surface area contributed by atoms with Crippen molar-refractivity contribution in [2.75, 3.05) is 7.11 Å². The molecule has 90 valence electrons. The summed E-state index contributed by atoms with van der Waals surface area (Å²) in [6.07, 6.45) is 2.12. The van der Waals surface area contributed by atoms with Crippen LogP contribution in [0.25, 0.3) is 16.6 Å². The van der Waals surface area contributed by atoms with Crippen LogP contribution < -0.4 is 9.42 Å². The molecule has 0 bridgehead atoms. The maximum absolute atomic E-state index is 5.42. The average molecular weight is 239 g/mol. The molecule has 0 atom stereocenters. The summed E-state index contributed by atoms with van der Waals surface area (Å²) < 4.78 is 9.64. The molecule has 3 aromatic rings. The third-order valence-corrected chi connectivity index (χ3v) is 3.20. The molecule has 0 amide bonds. The molecule has 0 saturated carbocycles. The second-order valence-electron chi connectivity index (χ2n) is 4.23. The lowest BCUT2D eigenvalue weighted by Gasteiger charge is -2.06. The first-order valence-electron chi connectivity index (χ1n) is 5.91. The normalized spacial score (nSPS) is 10.8. The fraction of sp³-hybridized carbons (Fsp3) is 0.133. The van der Waals surface area contributed by atoms with E-state index < -0.39 is 0 Å². The number of aromatic nitrogens is 2. The minimum atomic E-state index is 0.869. The molecule has 0 aliphatic heterocycles. The number of benzene rings is 2. The Balaban J connectivity index is 2.28. The van der Waals surface area contributed by atoms with Crippen molar-refractivity contribution in [2.24, 2.45) is 7.05 Å². The van der Waals surface area contributed by atoms with Crippen LogP contribution in [0.5, 0.6) is 5.75 Å². The van der Waals surface area contributed by atoms with Gasteiger partial charge in [0, 0.05) is 6.07 Å². The van der Waals surface area contributed by atoms with E-state index >= 15 is 0 Å². The summed E-state index contributed by atoms with van der Waals surface area (Å²) in [4.78, 5) is 0. The van der Waals surface area contributed by atoms with E-state index in [9.17, 15) is 0 Å². The second kappa shape index (κ2) is 4.18. The quantitative estimate of drug-likeness (QED) is 0.628. The van der Waals surface area contributed by atoms with Crippen molar-refractivity contribution < 1.29 is 9.42 Å². The van der Waals surface area contributed by atoms with Gasteiger partial charge in [-0.3, -0.25) is 0 Å². The Bertz CT molecular complexity index is 701. The molecule has 0 spiro atoms. The lowest BCUT2D eigenvalue weighted by molar-refractivity contribution is -0.720. The van der Waals surface area contributed by atoms with E-state index in [1.54, 1.807) is 7.11 Å². The first-order valence-corrected chi connectivity index (χ1v) is 5.91. The molecule has 3 nitrogen and oxygen atoms in total. The molecule has 0 aliphatic carbocycles. The molecule has 2 aromatic carbocycles. The van der Waals surface area contributed by atoms with E-state index in [2.05, 4.69) is 52.9 Å². The largest absolute Gasteiger partial charge is 0.494 e. The second-order valence-corrected chi connectivity index (χ2v) is 4.23. The zero-order valence-electron chi connectivity index (χ0n) is 10.5. The fourth-order valence-electron chi connectivity index (χ4n) is 2.28. The predicted octanol–water partition coefficient (Wildman–Crippen LogP) is 2.46. The van der Waals surface area contributed by atoms with E-state index in [1.807, 2.05) is 18.2 Å². The summed E-state index contributed by atoms with van der Waals surface area (Å²) in [5.41, 5.74) is 2.24. The standard InChI is InChI=1S/C15H15N2O/c1-16-13-8-4-3-7-12(13)11-17(16)14-9-5-6-10-15(14)18-2/h3-11H,1-2H3/q+1. The number of aryl methyl sites for hydroxylation is 1. The summed E-state index contributed by atoms with van der Waals surface area (Å²) in [5.74, 6) is 0.869. The highest BCUT2D eigenvalue weighted by atomic mass is 16.5. The van der Waals surface area contributed by atoms with Gasteiger partial charge in [0.15, 0.2) is 7.05 Å². The topological polar surface area (TPSA) is 18.0 Å². The van der Waals surface area contributed by atoms with E-state index in [0.29, 0.717) is 0 Å². The SMILES string of the molecule is COc1ccccc1-n1cc2ccccc2[n+]1C. The van der Waals surface area contributed by atoms with E-state index in [1.165, 1.54) is 10.9 Å². The van der Waals surface area contributed by atoms with Crippen LogP contribution in [0.4, 0.5) is 0 Å². The van der Waals surface area contributed by atoms with Crippen LogP contribution in [-0.2, 0) is 7.05 Å². The third-order valence-electron chi connectivity index (χ3n) is 3.20. The fourth-order valence-corrected chi connectivity index (χ4v) is 2.28. The monoisotopic (exact) mass is 239 g/mol. The van der Waals surface area contributed by atoms with Crippen LogP contribution in [0.3, 0.4) is 0 Å². The maximum atomic E-state index is 5.42. The Hall–Kier alpha value is -2.29. The summed E-state index contributed by atoms with van der Waals surface area (Å²) >= 11 is 0. The van der Waals surface area contributed by atoms with Crippen molar-refractivity contribution in [1.29, 1.82) is 0 Å². The molecule has 0 saturated heterocycles. The Labute approximate surface area is 106 Å². The number of nitrogens with zero attached hydrogens (tertiary/aromatic N) is 2. The number of hydrogen-bond acceptors (Lipinski definition) is 1. The molecule has 3 heteroatoms. The molecule has 0 aliphatic rings. The first-order chi connectivity index (χ1) is 8.81. The minimum absolute atomic E-state index is 0.869. The van der Waals surface area contributed by atoms with Gasteiger partial charge in [0.1, 0.15) is 11.4 Å². The molecule has 18 heavy (non-hydrogen) atoms. The third kappa shape index (κ3) is 1.56. The zero-order valence-corrected chi connectivity index (χ0v) is 10.5. The van der Waals surface area contributed by atoms with Gasteiger partial charge in [0.25, 0.3) is 0 Å². The molecule has 0 unspecified atom stereocenters. The van der Waals surface area contributed by atoms with Gasteiger partial charge in [-0.05, 0) is 18.2 Å². The molecule has 0 radical (unpaired) electrons. The van der Waals surface area contributed by atoms with Crippen molar-refractivity contribution in [2.45, 2.75) is 0 Å². The van der Waals surface area contributed by atoms with Crippen molar-refractivity contribution >= 4 is 10.9 Å². The summed E-state index contributed by atoms with van der Waals surface area (Å²) in [6, 6.07) is 16.3. The van der Waals surface area contributed by atoms with Crippen LogP contribution in [0.1, 0.15) is 0 Å². The van der Waals surface area contributed by atoms with Crippen LogP contribution >= 0.6 is 0 Å². The molecule has 1 aromatic heterocycles. The molecule has 3 rings (SSSR count). The Morgan fingerprint density at radius 3 is 2.50 bits per heavy atom. The lowest BCUT2D eigenvalue weighted by atomic mass is 10.2. The van der Waals surface area contributed by atoms with E-state index in [4.69, 9.17) is 4.74 Å². The van der Waals surface area contributed by atoms with Crippen molar-refractivity contribution in [3.8, 4) is 11.4 Å². The van der Waals surface area contributed by atoms with Gasteiger partial charge in [0.05, 0.1) is 18.7 Å². The van der Waals surface area contributed by atoms with Gasteiger partial charge < -0.3 is 4.74 Å². The van der Waals surface area contributed by atoms with Crippen molar-refractivity contribution in [3.05, 3.63) is 54.7 Å². The van der Waals surface area contributed by atoms with Crippen LogP contribution in [0.2, 0.25) is 0 Å². The molecule has 0 N–H and O–H groups in total. The highest BCUT2D eigenvalue weighted by Crippen LogP contribution is 2.22. The van der Waals surface area contributed by atoms with Crippen LogP contribution in [-0.4, -0.2) is 11.8 Å². The molecular weight excluding hydrogens is 224 g/mol. The van der Waals surface area contributed by atoms with Crippen molar-refractivity contribution in [3.63, 3.8) is 0 Å². The lowest BCUT2D eigenvalue weighted by Crippen LogP contribution is -2.37. The van der Waals surface area contributed by atoms with Gasteiger partial charge >= 0.3 is 0 Å². The predicted molar refractivity (Wildman–Crippen MR) is 71.0 cm³/mol. The molecular formula is C15H15N2O+. The minimum Gasteiger partial charge on any atom is -0.494 e. The smallest absolute Gasteiger partial charge is 0.238 e. The van der Waals surface area contributed by atoms with E-state index in [-0.39, 0.29) is 0 Å². The number of rotatable bonds is 2. The zero-order chi connectivity index (χ0) is 12.5. The maximum Gasteiger partial charge on any atom is 0.238 e. The van der Waals surface area contributed by atoms with Crippen LogP contribution in [0, 0.1) is 0 Å². The number of ether oxygens (including phenoxy) is 1. The van der Waals surface area contributed by atoms with Gasteiger partial charge in [-0.15, -0.1) is 9.36 Å². The summed E-state index contributed by atoms with van der Waals surface area (Å²) in [7, 11) is 3.75. The highest BCUT2D eigenvalue weighted by Gasteiger charge is 2.16. The summed E-state index contributed by atoms with van der Waals surface area (Å²) in [6.45, 7) is 0. The Kier molecular flexibility index (Phi) is 2.52. The van der Waals surface area contributed by atoms with E-state index in [0.717, 1.165) is 11.4 Å². The Morgan fingerprint density at radius 1 is 1.00 bits per heavy atom. The van der Waals surface area contributed by atoms with Gasteiger partial charge in [-0.25, -0.2) is 0 Å². The molecule has 0 fully saturated rings. The van der Waals surface area contributed by atoms with Crippen LogP contribution in [0.15, 0.2) is 54.7 Å². The Morgan fingerprint density at radius 2 is 1.72 bits per heavy atom. The molecule has 1 heterocycles. The summed E-state index contributed by atoms with van der Waals surface area (Å²) in [5, 5.41) is 1.21. The number of para-hydroxylation sites is 3. The number of methoxy groups -OCH3 is 1. The highest BCUT2D eigenvalue weighted by molar-refractivity contribution is 5.75.